The number of hydrogen-bond acceptors (Lipinski definition) is 9. The number of hydrogen-bond donors (Lipinski definition) is 1. The molecule has 0 spiro atoms. The van der Waals surface area contributed by atoms with Crippen LogP contribution in [0.1, 0.15) is 54.6 Å². The van der Waals surface area contributed by atoms with Crippen LogP contribution < -0.4 is 5.32 Å². The van der Waals surface area contributed by atoms with Crippen molar-refractivity contribution in [2.45, 2.75) is 32.6 Å². The van der Waals surface area contributed by atoms with E-state index in [0.29, 0.717) is 24.5 Å². The van der Waals surface area contributed by atoms with Crippen LogP contribution in [0.4, 0.5) is 5.69 Å². The zero-order valence-corrected chi connectivity index (χ0v) is 21.1. The SMILES string of the molecule is Cc1nc(C)c(C(=O)N2CCC(c3nc(C(=O)Nc4ccc(-c5csnn5)cc4)cs3)CC2)s1. The minimum atomic E-state index is -0.228. The lowest BCUT2D eigenvalue weighted by molar-refractivity contribution is 0.0717. The van der Waals surface area contributed by atoms with Gasteiger partial charge in [-0.1, -0.05) is 16.6 Å². The van der Waals surface area contributed by atoms with Crippen molar-refractivity contribution in [1.82, 2.24) is 24.5 Å². The standard InChI is InChI=1S/C23H22N6O2S3/c1-13-20(34-14(2)24-13)23(31)29-9-7-16(8-10-29)22-26-19(11-32-22)21(30)25-17-5-3-15(4-6-17)18-12-33-28-27-18/h3-6,11-12,16H,7-10H2,1-2H3,(H,25,30). The van der Waals surface area contributed by atoms with Crippen molar-refractivity contribution in [3.05, 3.63) is 61.3 Å². The maximum atomic E-state index is 12.9. The molecule has 1 N–H and O–H groups in total. The van der Waals surface area contributed by atoms with E-state index in [0.717, 1.165) is 44.7 Å². The van der Waals surface area contributed by atoms with Gasteiger partial charge in [0, 0.05) is 41.0 Å². The van der Waals surface area contributed by atoms with Crippen molar-refractivity contribution >= 4 is 51.7 Å². The Labute approximate surface area is 208 Å². The molecule has 0 unspecified atom stereocenters. The van der Waals surface area contributed by atoms with Crippen LogP contribution in [0.2, 0.25) is 0 Å². The van der Waals surface area contributed by atoms with Crippen LogP contribution in [0.15, 0.2) is 35.0 Å². The highest BCUT2D eigenvalue weighted by atomic mass is 32.1. The summed E-state index contributed by atoms with van der Waals surface area (Å²) < 4.78 is 3.87. The molecule has 4 aromatic rings. The predicted molar refractivity (Wildman–Crippen MR) is 135 cm³/mol. The molecular weight excluding hydrogens is 488 g/mol. The van der Waals surface area contributed by atoms with Gasteiger partial charge in [0.1, 0.15) is 16.3 Å². The van der Waals surface area contributed by atoms with Crippen molar-refractivity contribution < 1.29 is 9.59 Å². The van der Waals surface area contributed by atoms with E-state index in [2.05, 4.69) is 24.9 Å². The van der Waals surface area contributed by atoms with E-state index < -0.39 is 0 Å². The summed E-state index contributed by atoms with van der Waals surface area (Å²) in [5.74, 6) is 0.0953. The van der Waals surface area contributed by atoms with E-state index in [9.17, 15) is 9.59 Å². The molecule has 1 aliphatic rings. The van der Waals surface area contributed by atoms with E-state index in [-0.39, 0.29) is 17.7 Å². The number of nitrogens with one attached hydrogen (secondary N) is 1. The Morgan fingerprint density at radius 2 is 1.82 bits per heavy atom. The van der Waals surface area contributed by atoms with Crippen LogP contribution >= 0.6 is 34.2 Å². The monoisotopic (exact) mass is 510 g/mol. The summed E-state index contributed by atoms with van der Waals surface area (Å²) >= 11 is 4.27. The van der Waals surface area contributed by atoms with E-state index in [1.165, 1.54) is 34.2 Å². The lowest BCUT2D eigenvalue weighted by atomic mass is 9.97. The molecule has 34 heavy (non-hydrogen) atoms. The fourth-order valence-electron chi connectivity index (χ4n) is 3.99. The number of carbonyl (C=O) groups is 2. The summed E-state index contributed by atoms with van der Waals surface area (Å²) in [6.07, 6.45) is 1.67. The lowest BCUT2D eigenvalue weighted by Gasteiger charge is -2.30. The lowest BCUT2D eigenvalue weighted by Crippen LogP contribution is -2.37. The van der Waals surface area contributed by atoms with E-state index in [4.69, 9.17) is 0 Å². The molecule has 1 fully saturated rings. The van der Waals surface area contributed by atoms with Crippen LogP contribution in [-0.2, 0) is 0 Å². The summed E-state index contributed by atoms with van der Waals surface area (Å²) in [5, 5.41) is 12.5. The van der Waals surface area contributed by atoms with Crippen molar-refractivity contribution in [3.63, 3.8) is 0 Å². The van der Waals surface area contributed by atoms with Gasteiger partial charge in [-0.25, -0.2) is 9.97 Å². The molecular formula is C23H22N6O2S3. The number of aryl methyl sites for hydroxylation is 2. The maximum Gasteiger partial charge on any atom is 0.275 e. The molecule has 1 aliphatic heterocycles. The van der Waals surface area contributed by atoms with Crippen molar-refractivity contribution in [2.75, 3.05) is 18.4 Å². The molecule has 5 rings (SSSR count). The van der Waals surface area contributed by atoms with Gasteiger partial charge in [-0.05, 0) is 50.4 Å². The first-order chi connectivity index (χ1) is 16.5. The van der Waals surface area contributed by atoms with Crippen molar-refractivity contribution in [3.8, 4) is 11.3 Å². The van der Waals surface area contributed by atoms with E-state index in [1.54, 1.807) is 5.38 Å². The Kier molecular flexibility index (Phi) is 6.48. The Balaban J connectivity index is 1.18. The minimum Gasteiger partial charge on any atom is -0.338 e. The molecule has 3 aromatic heterocycles. The summed E-state index contributed by atoms with van der Waals surface area (Å²) in [6.45, 7) is 5.17. The summed E-state index contributed by atoms with van der Waals surface area (Å²) in [5.41, 5.74) is 3.69. The van der Waals surface area contributed by atoms with Crippen LogP contribution in [0.25, 0.3) is 11.3 Å². The number of aromatic nitrogens is 4. The van der Waals surface area contributed by atoms with Crippen LogP contribution in [-0.4, -0.2) is 49.4 Å². The van der Waals surface area contributed by atoms with Gasteiger partial charge < -0.3 is 10.2 Å². The molecule has 0 bridgehead atoms. The Morgan fingerprint density at radius 1 is 1.06 bits per heavy atom. The fourth-order valence-corrected chi connectivity index (χ4v) is 6.32. The minimum absolute atomic E-state index is 0.0674. The third kappa shape index (κ3) is 4.77. The first-order valence-electron chi connectivity index (χ1n) is 10.9. The predicted octanol–water partition coefficient (Wildman–Crippen LogP) is 5.01. The number of thiazole rings is 2. The number of nitrogens with zero attached hydrogens (tertiary/aromatic N) is 5. The molecule has 4 heterocycles. The Hall–Kier alpha value is -3.02. The fraction of sp³-hybridized carbons (Fsp3) is 0.304. The molecule has 8 nitrogen and oxygen atoms in total. The van der Waals surface area contributed by atoms with Gasteiger partial charge in [0.25, 0.3) is 11.8 Å². The summed E-state index contributed by atoms with van der Waals surface area (Å²) in [6, 6.07) is 7.50. The second-order valence-electron chi connectivity index (χ2n) is 8.11. The molecule has 0 radical (unpaired) electrons. The molecule has 0 atom stereocenters. The molecule has 174 valence electrons. The second kappa shape index (κ2) is 9.69. The zero-order valence-electron chi connectivity index (χ0n) is 18.6. The number of benzene rings is 1. The summed E-state index contributed by atoms with van der Waals surface area (Å²) in [7, 11) is 0. The third-order valence-corrected chi connectivity index (χ3v) is 8.36. The molecule has 0 saturated carbocycles. The average Bonchev–Trinajstić information content (AvgIpc) is 3.61. The van der Waals surface area contributed by atoms with Crippen LogP contribution in [0.3, 0.4) is 0 Å². The third-order valence-electron chi connectivity index (χ3n) is 5.78. The summed E-state index contributed by atoms with van der Waals surface area (Å²) in [4.78, 5) is 37.2. The first-order valence-corrected chi connectivity index (χ1v) is 13.4. The highest BCUT2D eigenvalue weighted by molar-refractivity contribution is 7.13. The quantitative estimate of drug-likeness (QED) is 0.405. The van der Waals surface area contributed by atoms with Crippen LogP contribution in [0, 0.1) is 13.8 Å². The van der Waals surface area contributed by atoms with Gasteiger partial charge >= 0.3 is 0 Å². The highest BCUT2D eigenvalue weighted by Crippen LogP contribution is 2.32. The van der Waals surface area contributed by atoms with Gasteiger partial charge in [-0.2, -0.15) is 0 Å². The number of carbonyl (C=O) groups excluding carboxylic acids is 2. The Morgan fingerprint density at radius 3 is 2.47 bits per heavy atom. The molecule has 2 amide bonds. The first kappa shape index (κ1) is 22.8. The van der Waals surface area contributed by atoms with Crippen molar-refractivity contribution in [2.24, 2.45) is 0 Å². The smallest absolute Gasteiger partial charge is 0.275 e. The molecule has 1 saturated heterocycles. The maximum absolute atomic E-state index is 12.9. The van der Waals surface area contributed by atoms with Crippen LogP contribution in [0.5, 0.6) is 0 Å². The van der Waals surface area contributed by atoms with Gasteiger partial charge in [0.2, 0.25) is 0 Å². The zero-order chi connectivity index (χ0) is 23.7. The molecule has 11 heteroatoms. The highest BCUT2D eigenvalue weighted by Gasteiger charge is 2.28. The second-order valence-corrected chi connectivity index (χ2v) is 10.8. The van der Waals surface area contributed by atoms with Gasteiger partial charge in [-0.3, -0.25) is 9.59 Å². The average molecular weight is 511 g/mol. The topological polar surface area (TPSA) is 101 Å². The number of rotatable bonds is 5. The molecule has 0 aliphatic carbocycles. The normalized spacial score (nSPS) is 14.4. The van der Waals surface area contributed by atoms with Crippen molar-refractivity contribution in [1.29, 1.82) is 0 Å². The number of amides is 2. The van der Waals surface area contributed by atoms with E-state index >= 15 is 0 Å². The van der Waals surface area contributed by atoms with Gasteiger partial charge in [0.15, 0.2) is 0 Å². The van der Waals surface area contributed by atoms with Gasteiger partial charge in [-0.15, -0.1) is 27.8 Å². The number of anilines is 1. The van der Waals surface area contributed by atoms with E-state index in [1.807, 2.05) is 48.4 Å². The van der Waals surface area contributed by atoms with Gasteiger partial charge in [0.05, 0.1) is 15.7 Å². The number of piperidine rings is 1. The largest absolute Gasteiger partial charge is 0.338 e. The Bertz CT molecular complexity index is 1300. The molecule has 1 aromatic carbocycles. The number of likely N-dealkylation sites (tertiary alicyclic amines) is 1.